The zero-order chi connectivity index (χ0) is 13.1. The third-order valence-electron chi connectivity index (χ3n) is 3.51. The van der Waals surface area contributed by atoms with Crippen molar-refractivity contribution in [2.24, 2.45) is 5.92 Å². The third-order valence-corrected chi connectivity index (χ3v) is 3.83. The topological polar surface area (TPSA) is 30.5 Å². The number of hydrogen-bond acceptors (Lipinski definition) is 3. The highest BCUT2D eigenvalue weighted by Crippen LogP contribution is 2.38. The van der Waals surface area contributed by atoms with Gasteiger partial charge in [-0.3, -0.25) is 0 Å². The molecule has 0 spiro atoms. The van der Waals surface area contributed by atoms with Crippen LogP contribution in [-0.4, -0.2) is 19.3 Å². The van der Waals surface area contributed by atoms with Crippen LogP contribution in [-0.2, 0) is 0 Å². The molecule has 100 valence electrons. The Kier molecular flexibility index (Phi) is 4.23. The highest BCUT2D eigenvalue weighted by Gasteiger charge is 2.17. The van der Waals surface area contributed by atoms with Crippen LogP contribution in [0.3, 0.4) is 0 Å². The minimum atomic E-state index is 0.370. The number of rotatable bonds is 4. The lowest BCUT2D eigenvalue weighted by molar-refractivity contribution is 0.171. The van der Waals surface area contributed by atoms with Crippen molar-refractivity contribution in [2.45, 2.75) is 33.2 Å². The summed E-state index contributed by atoms with van der Waals surface area (Å²) in [5.41, 5.74) is 0.911. The minimum Gasteiger partial charge on any atom is -0.486 e. The molecule has 2 atom stereocenters. The fourth-order valence-corrected chi connectivity index (χ4v) is 2.12. The van der Waals surface area contributed by atoms with Crippen LogP contribution >= 0.6 is 11.6 Å². The number of nitrogens with one attached hydrogen (secondary N) is 1. The number of benzene rings is 1. The standard InChI is InChI=1S/C14H20ClNO2/c1-4-9(2)10(3)16-12-8-14-13(7-11(12)15)17-5-6-18-14/h7-10,16H,4-6H2,1-3H3. The molecule has 4 heteroatoms. The highest BCUT2D eigenvalue weighted by atomic mass is 35.5. The zero-order valence-corrected chi connectivity index (χ0v) is 11.9. The highest BCUT2D eigenvalue weighted by molar-refractivity contribution is 6.33. The first kappa shape index (κ1) is 13.3. The molecule has 2 rings (SSSR count). The Bertz CT molecular complexity index is 423. The van der Waals surface area contributed by atoms with Crippen LogP contribution in [0.25, 0.3) is 0 Å². The van der Waals surface area contributed by atoms with Gasteiger partial charge < -0.3 is 14.8 Å². The van der Waals surface area contributed by atoms with Gasteiger partial charge >= 0.3 is 0 Å². The molecule has 1 aliphatic heterocycles. The second-order valence-electron chi connectivity index (χ2n) is 4.79. The predicted molar refractivity (Wildman–Crippen MR) is 75.0 cm³/mol. The van der Waals surface area contributed by atoms with Crippen molar-refractivity contribution in [3.8, 4) is 11.5 Å². The normalized spacial score (nSPS) is 17.1. The smallest absolute Gasteiger partial charge is 0.163 e. The number of anilines is 1. The molecule has 3 nitrogen and oxygen atoms in total. The Morgan fingerprint density at radius 2 is 1.83 bits per heavy atom. The summed E-state index contributed by atoms with van der Waals surface area (Å²) in [7, 11) is 0. The Balaban J connectivity index is 2.18. The van der Waals surface area contributed by atoms with Crippen molar-refractivity contribution >= 4 is 17.3 Å². The molecule has 1 aliphatic rings. The average Bonchev–Trinajstić information content (AvgIpc) is 2.38. The summed E-state index contributed by atoms with van der Waals surface area (Å²) in [6.45, 7) is 7.76. The van der Waals surface area contributed by atoms with Crippen LogP contribution < -0.4 is 14.8 Å². The summed E-state index contributed by atoms with van der Waals surface area (Å²) in [5, 5.41) is 4.12. The van der Waals surface area contributed by atoms with E-state index in [-0.39, 0.29) is 0 Å². The molecule has 0 fully saturated rings. The molecule has 1 aromatic rings. The fraction of sp³-hybridized carbons (Fsp3) is 0.571. The predicted octanol–water partition coefficient (Wildman–Crippen LogP) is 3.96. The Hall–Kier alpha value is -1.09. The van der Waals surface area contributed by atoms with E-state index in [1.807, 2.05) is 12.1 Å². The molecule has 0 bridgehead atoms. The zero-order valence-electron chi connectivity index (χ0n) is 11.1. The van der Waals surface area contributed by atoms with Gasteiger partial charge in [0.1, 0.15) is 13.2 Å². The van der Waals surface area contributed by atoms with Gasteiger partial charge in [-0.05, 0) is 12.8 Å². The maximum Gasteiger partial charge on any atom is 0.163 e. The largest absolute Gasteiger partial charge is 0.486 e. The first-order valence-electron chi connectivity index (χ1n) is 6.47. The number of hydrogen-bond donors (Lipinski definition) is 1. The van der Waals surface area contributed by atoms with Crippen LogP contribution in [0, 0.1) is 5.92 Å². The van der Waals surface area contributed by atoms with E-state index < -0.39 is 0 Å². The number of fused-ring (bicyclic) bond motifs is 1. The lowest BCUT2D eigenvalue weighted by atomic mass is 10.0. The van der Waals surface area contributed by atoms with Crippen molar-refractivity contribution in [1.82, 2.24) is 0 Å². The average molecular weight is 270 g/mol. The SMILES string of the molecule is CCC(C)C(C)Nc1cc2c(cc1Cl)OCCO2. The lowest BCUT2D eigenvalue weighted by Crippen LogP contribution is -2.23. The molecule has 0 saturated carbocycles. The van der Waals surface area contributed by atoms with E-state index in [1.165, 1.54) is 0 Å². The Morgan fingerprint density at radius 3 is 2.44 bits per heavy atom. The quantitative estimate of drug-likeness (QED) is 0.898. The molecule has 2 unspecified atom stereocenters. The lowest BCUT2D eigenvalue weighted by Gasteiger charge is -2.24. The summed E-state index contributed by atoms with van der Waals surface area (Å²) >= 11 is 6.26. The van der Waals surface area contributed by atoms with Crippen molar-refractivity contribution < 1.29 is 9.47 Å². The van der Waals surface area contributed by atoms with E-state index in [2.05, 4.69) is 26.1 Å². The number of halogens is 1. The molecule has 1 N–H and O–H groups in total. The van der Waals surface area contributed by atoms with Gasteiger partial charge in [0.2, 0.25) is 0 Å². The molecule has 18 heavy (non-hydrogen) atoms. The van der Waals surface area contributed by atoms with E-state index in [4.69, 9.17) is 21.1 Å². The van der Waals surface area contributed by atoms with Crippen molar-refractivity contribution in [2.75, 3.05) is 18.5 Å². The summed E-state index contributed by atoms with van der Waals surface area (Å²) in [6.07, 6.45) is 1.14. The molecular formula is C14H20ClNO2. The molecule has 0 saturated heterocycles. The van der Waals surface area contributed by atoms with Crippen LogP contribution in [0.5, 0.6) is 11.5 Å². The monoisotopic (exact) mass is 269 g/mol. The minimum absolute atomic E-state index is 0.370. The van der Waals surface area contributed by atoms with Crippen molar-refractivity contribution in [3.05, 3.63) is 17.2 Å². The summed E-state index contributed by atoms with van der Waals surface area (Å²) in [6, 6.07) is 4.12. The fourth-order valence-electron chi connectivity index (χ4n) is 1.92. The second-order valence-corrected chi connectivity index (χ2v) is 5.20. The van der Waals surface area contributed by atoms with E-state index in [0.29, 0.717) is 30.2 Å². The van der Waals surface area contributed by atoms with Crippen molar-refractivity contribution in [1.29, 1.82) is 0 Å². The van der Waals surface area contributed by atoms with Crippen LogP contribution in [0.15, 0.2) is 12.1 Å². The Morgan fingerprint density at radius 1 is 1.22 bits per heavy atom. The summed E-state index contributed by atoms with van der Waals surface area (Å²) < 4.78 is 11.1. The molecular weight excluding hydrogens is 250 g/mol. The van der Waals surface area contributed by atoms with Crippen molar-refractivity contribution in [3.63, 3.8) is 0 Å². The first-order chi connectivity index (χ1) is 8.61. The molecule has 0 amide bonds. The van der Waals surface area contributed by atoms with Crippen LogP contribution in [0.2, 0.25) is 5.02 Å². The van der Waals surface area contributed by atoms with E-state index in [1.54, 1.807) is 0 Å². The van der Waals surface area contributed by atoms with Gasteiger partial charge in [0, 0.05) is 18.2 Å². The molecule has 1 aromatic carbocycles. The third kappa shape index (κ3) is 2.83. The molecule has 0 radical (unpaired) electrons. The van der Waals surface area contributed by atoms with Gasteiger partial charge in [0.25, 0.3) is 0 Å². The maximum absolute atomic E-state index is 6.26. The van der Waals surface area contributed by atoms with Gasteiger partial charge in [-0.25, -0.2) is 0 Å². The number of ether oxygens (including phenoxy) is 2. The van der Waals surface area contributed by atoms with Gasteiger partial charge in [-0.1, -0.05) is 31.9 Å². The second kappa shape index (κ2) is 5.70. The molecule has 1 heterocycles. The Labute approximate surface area is 113 Å². The first-order valence-corrected chi connectivity index (χ1v) is 6.85. The summed E-state index contributed by atoms with van der Waals surface area (Å²) in [4.78, 5) is 0. The van der Waals surface area contributed by atoms with Gasteiger partial charge in [0.05, 0.1) is 10.7 Å². The molecule has 0 aliphatic carbocycles. The maximum atomic E-state index is 6.26. The van der Waals surface area contributed by atoms with E-state index in [0.717, 1.165) is 23.6 Å². The van der Waals surface area contributed by atoms with Gasteiger partial charge in [-0.2, -0.15) is 0 Å². The van der Waals surface area contributed by atoms with Crippen LogP contribution in [0.1, 0.15) is 27.2 Å². The van der Waals surface area contributed by atoms with Crippen LogP contribution in [0.4, 0.5) is 5.69 Å². The molecule has 0 aromatic heterocycles. The van der Waals surface area contributed by atoms with E-state index >= 15 is 0 Å². The van der Waals surface area contributed by atoms with Gasteiger partial charge in [0.15, 0.2) is 11.5 Å². The summed E-state index contributed by atoms with van der Waals surface area (Å²) in [5.74, 6) is 2.09. The van der Waals surface area contributed by atoms with Gasteiger partial charge in [-0.15, -0.1) is 0 Å². The van der Waals surface area contributed by atoms with E-state index in [9.17, 15) is 0 Å².